The van der Waals surface area contributed by atoms with Gasteiger partial charge < -0.3 is 14.8 Å². The highest BCUT2D eigenvalue weighted by Gasteiger charge is 2.32. The number of nitrogens with one attached hydrogen (secondary N) is 1. The van der Waals surface area contributed by atoms with Gasteiger partial charge in [-0.1, -0.05) is 0 Å². The van der Waals surface area contributed by atoms with Gasteiger partial charge in [0.25, 0.3) is 0 Å². The van der Waals surface area contributed by atoms with E-state index in [-0.39, 0.29) is 23.9 Å². The molecule has 0 aliphatic carbocycles. The first-order valence-electron chi connectivity index (χ1n) is 6.89. The molecule has 1 heterocycles. The molecule has 0 bridgehead atoms. The molecule has 1 atom stereocenters. The van der Waals surface area contributed by atoms with E-state index in [1.807, 2.05) is 4.90 Å². The Hall–Kier alpha value is -1.25. The van der Waals surface area contributed by atoms with E-state index in [9.17, 15) is 17.6 Å². The minimum Gasteiger partial charge on any atom is -0.496 e. The third kappa shape index (κ3) is 5.40. The summed E-state index contributed by atoms with van der Waals surface area (Å²) in [5, 5.41) is 3.17. The molecule has 1 aliphatic rings. The fourth-order valence-corrected chi connectivity index (χ4v) is 2.54. The van der Waals surface area contributed by atoms with Crippen molar-refractivity contribution in [3.63, 3.8) is 0 Å². The van der Waals surface area contributed by atoms with E-state index in [4.69, 9.17) is 4.74 Å². The SMILES string of the molecule is COc1cc(OC(F)(F)F)ccc1[C@H](CF)N1CCNCC1.Cl. The van der Waals surface area contributed by atoms with Crippen molar-refractivity contribution in [3.05, 3.63) is 23.8 Å². The van der Waals surface area contributed by atoms with Gasteiger partial charge in [-0.2, -0.15) is 0 Å². The Balaban J connectivity index is 0.00000264. The first-order chi connectivity index (χ1) is 10.4. The zero-order valence-corrected chi connectivity index (χ0v) is 13.3. The lowest BCUT2D eigenvalue weighted by molar-refractivity contribution is -0.274. The van der Waals surface area contributed by atoms with E-state index in [0.29, 0.717) is 18.7 Å². The van der Waals surface area contributed by atoms with Crippen molar-refractivity contribution in [2.75, 3.05) is 40.0 Å². The van der Waals surface area contributed by atoms with Crippen molar-refractivity contribution < 1.29 is 27.0 Å². The van der Waals surface area contributed by atoms with Crippen LogP contribution in [0.3, 0.4) is 0 Å². The third-order valence-corrected chi connectivity index (χ3v) is 3.54. The van der Waals surface area contributed by atoms with Gasteiger partial charge in [0.2, 0.25) is 0 Å². The molecule has 0 aromatic heterocycles. The second kappa shape index (κ2) is 8.56. The number of ether oxygens (including phenoxy) is 2. The second-order valence-corrected chi connectivity index (χ2v) is 4.91. The molecule has 4 nitrogen and oxygen atoms in total. The predicted octanol–water partition coefficient (Wildman–Crippen LogP) is 2.93. The molecule has 1 aromatic rings. The summed E-state index contributed by atoms with van der Waals surface area (Å²) in [5.41, 5.74) is 0.515. The van der Waals surface area contributed by atoms with Crippen LogP contribution in [0, 0.1) is 0 Å². The van der Waals surface area contributed by atoms with Gasteiger partial charge >= 0.3 is 6.36 Å². The van der Waals surface area contributed by atoms with Gasteiger partial charge in [0.15, 0.2) is 0 Å². The van der Waals surface area contributed by atoms with E-state index in [0.717, 1.165) is 19.2 Å². The third-order valence-electron chi connectivity index (χ3n) is 3.54. The Morgan fingerprint density at radius 1 is 1.26 bits per heavy atom. The van der Waals surface area contributed by atoms with Gasteiger partial charge in [-0.15, -0.1) is 25.6 Å². The first kappa shape index (κ1) is 19.8. The molecule has 1 saturated heterocycles. The summed E-state index contributed by atoms with van der Waals surface area (Å²) in [7, 11) is 1.34. The Labute approximate surface area is 138 Å². The average molecular weight is 359 g/mol. The van der Waals surface area contributed by atoms with Gasteiger partial charge in [0.05, 0.1) is 13.2 Å². The molecule has 1 N–H and O–H groups in total. The molecule has 132 valence electrons. The molecule has 2 rings (SSSR count). The summed E-state index contributed by atoms with van der Waals surface area (Å²) in [4.78, 5) is 1.94. The molecule has 0 saturated carbocycles. The molecule has 1 aliphatic heterocycles. The number of benzene rings is 1. The number of hydrogen-bond acceptors (Lipinski definition) is 4. The van der Waals surface area contributed by atoms with E-state index in [1.54, 1.807) is 0 Å². The van der Waals surface area contributed by atoms with Crippen molar-refractivity contribution >= 4 is 12.4 Å². The maximum atomic E-state index is 13.5. The van der Waals surface area contributed by atoms with Crippen LogP contribution in [0.15, 0.2) is 18.2 Å². The van der Waals surface area contributed by atoms with E-state index >= 15 is 0 Å². The minimum atomic E-state index is -4.77. The summed E-state index contributed by atoms with van der Waals surface area (Å²) < 4.78 is 59.2. The maximum absolute atomic E-state index is 13.5. The fraction of sp³-hybridized carbons (Fsp3) is 0.571. The van der Waals surface area contributed by atoms with Crippen LogP contribution in [-0.4, -0.2) is 51.2 Å². The highest BCUT2D eigenvalue weighted by atomic mass is 35.5. The lowest BCUT2D eigenvalue weighted by atomic mass is 10.0. The van der Waals surface area contributed by atoms with Crippen LogP contribution in [0.4, 0.5) is 17.6 Å². The Morgan fingerprint density at radius 3 is 2.43 bits per heavy atom. The molecule has 0 unspecified atom stereocenters. The predicted molar refractivity (Wildman–Crippen MR) is 80.1 cm³/mol. The molecule has 0 amide bonds. The molecule has 9 heteroatoms. The zero-order chi connectivity index (χ0) is 16.2. The Morgan fingerprint density at radius 2 is 1.91 bits per heavy atom. The number of piperazine rings is 1. The average Bonchev–Trinajstić information content (AvgIpc) is 2.48. The van der Waals surface area contributed by atoms with Gasteiger partial charge in [-0.25, -0.2) is 4.39 Å². The molecular formula is C14H19ClF4N2O2. The first-order valence-corrected chi connectivity index (χ1v) is 6.89. The van der Waals surface area contributed by atoms with Crippen LogP contribution < -0.4 is 14.8 Å². The Bertz CT molecular complexity index is 496. The highest BCUT2D eigenvalue weighted by Crippen LogP contribution is 2.34. The zero-order valence-electron chi connectivity index (χ0n) is 12.5. The van der Waals surface area contributed by atoms with Crippen molar-refractivity contribution in [1.82, 2.24) is 10.2 Å². The lowest BCUT2D eigenvalue weighted by Gasteiger charge is -2.34. The molecule has 23 heavy (non-hydrogen) atoms. The molecule has 1 fully saturated rings. The number of halogens is 5. The van der Waals surface area contributed by atoms with Gasteiger partial charge in [-0.05, 0) is 12.1 Å². The maximum Gasteiger partial charge on any atom is 0.573 e. The largest absolute Gasteiger partial charge is 0.573 e. The summed E-state index contributed by atoms with van der Waals surface area (Å²) in [6.07, 6.45) is -4.77. The van der Waals surface area contributed by atoms with Crippen molar-refractivity contribution in [3.8, 4) is 11.5 Å². The van der Waals surface area contributed by atoms with Crippen LogP contribution in [0.1, 0.15) is 11.6 Å². The standard InChI is InChI=1S/C14H18F4N2O2.ClH/c1-21-13-8-10(22-14(16,17)18)2-3-11(13)12(9-15)20-6-4-19-5-7-20;/h2-3,8,12,19H,4-7,9H2,1H3;1H/t12-;/m0./s1. The number of alkyl halides is 4. The molecule has 0 radical (unpaired) electrons. The van der Waals surface area contributed by atoms with Gasteiger partial charge in [-0.3, -0.25) is 4.90 Å². The van der Waals surface area contributed by atoms with Crippen LogP contribution >= 0.6 is 12.4 Å². The number of methoxy groups -OCH3 is 1. The minimum absolute atomic E-state index is 0. The quantitative estimate of drug-likeness (QED) is 0.821. The summed E-state index contributed by atoms with van der Waals surface area (Å²) in [6.45, 7) is 2.18. The van der Waals surface area contributed by atoms with Gasteiger partial charge in [0.1, 0.15) is 18.2 Å². The molecular weight excluding hydrogens is 340 g/mol. The summed E-state index contributed by atoms with van der Waals surface area (Å²) in [6, 6.07) is 3.19. The summed E-state index contributed by atoms with van der Waals surface area (Å²) >= 11 is 0. The number of hydrogen-bond donors (Lipinski definition) is 1. The summed E-state index contributed by atoms with van der Waals surface area (Å²) in [5.74, 6) is -0.200. The van der Waals surface area contributed by atoms with Crippen molar-refractivity contribution in [1.29, 1.82) is 0 Å². The number of nitrogens with zero attached hydrogens (tertiary/aromatic N) is 1. The Kier molecular flexibility index (Phi) is 7.37. The van der Waals surface area contributed by atoms with E-state index in [1.165, 1.54) is 19.2 Å². The van der Waals surface area contributed by atoms with E-state index in [2.05, 4.69) is 10.1 Å². The van der Waals surface area contributed by atoms with Crippen molar-refractivity contribution in [2.45, 2.75) is 12.4 Å². The normalized spacial score (nSPS) is 17.3. The van der Waals surface area contributed by atoms with Crippen molar-refractivity contribution in [2.24, 2.45) is 0 Å². The monoisotopic (exact) mass is 358 g/mol. The van der Waals surface area contributed by atoms with Crippen LogP contribution in [0.2, 0.25) is 0 Å². The van der Waals surface area contributed by atoms with Gasteiger partial charge in [0, 0.05) is 37.8 Å². The molecule has 1 aromatic carbocycles. The smallest absolute Gasteiger partial charge is 0.496 e. The highest BCUT2D eigenvalue weighted by molar-refractivity contribution is 5.85. The lowest BCUT2D eigenvalue weighted by Crippen LogP contribution is -2.45. The molecule has 0 spiro atoms. The number of rotatable bonds is 5. The fourth-order valence-electron chi connectivity index (χ4n) is 2.54. The topological polar surface area (TPSA) is 33.7 Å². The van der Waals surface area contributed by atoms with Crippen LogP contribution in [-0.2, 0) is 0 Å². The second-order valence-electron chi connectivity index (χ2n) is 4.91. The van der Waals surface area contributed by atoms with Crippen LogP contribution in [0.25, 0.3) is 0 Å². The van der Waals surface area contributed by atoms with E-state index < -0.39 is 19.1 Å². The van der Waals surface area contributed by atoms with Crippen LogP contribution in [0.5, 0.6) is 11.5 Å².